The van der Waals surface area contributed by atoms with Crippen LogP contribution in [-0.2, 0) is 0 Å². The summed E-state index contributed by atoms with van der Waals surface area (Å²) in [5, 5.41) is 6.59. The quantitative estimate of drug-likeness (QED) is 0.416. The average molecular weight is 433 g/mol. The molecule has 8 heteroatoms. The summed E-state index contributed by atoms with van der Waals surface area (Å²) in [7, 11) is 0. The minimum absolute atomic E-state index is 0.215. The Bertz CT molecular complexity index is 1170. The number of hydrogen-bond donors (Lipinski definition) is 2. The molecule has 0 unspecified atom stereocenters. The Morgan fingerprint density at radius 2 is 1.68 bits per heavy atom. The van der Waals surface area contributed by atoms with Gasteiger partial charge in [0.2, 0.25) is 5.95 Å². The minimum Gasteiger partial charge on any atom is -0.357 e. The Morgan fingerprint density at radius 3 is 2.39 bits per heavy atom. The van der Waals surface area contributed by atoms with E-state index in [-0.39, 0.29) is 5.91 Å². The zero-order valence-corrected chi connectivity index (χ0v) is 18.5. The summed E-state index contributed by atoms with van der Waals surface area (Å²) in [6.07, 6.45) is 0. The molecule has 1 amide bonds. The molecule has 4 aromatic rings. The molecule has 4 rings (SSSR count). The molecule has 0 bridgehead atoms. The van der Waals surface area contributed by atoms with E-state index in [1.807, 2.05) is 61.5 Å². The highest BCUT2D eigenvalue weighted by Crippen LogP contribution is 2.23. The first kappa shape index (κ1) is 20.7. The molecule has 2 aromatic carbocycles. The molecule has 0 atom stereocenters. The highest BCUT2D eigenvalue weighted by atomic mass is 32.1. The van der Waals surface area contributed by atoms with Crippen LogP contribution in [0.1, 0.15) is 29.3 Å². The third-order valence-electron chi connectivity index (χ3n) is 4.82. The predicted octanol–water partition coefficient (Wildman–Crippen LogP) is 5.24. The maximum atomic E-state index is 12.6. The molecular weight excluding hydrogens is 408 g/mol. The molecule has 0 aliphatic rings. The third kappa shape index (κ3) is 4.80. The number of benzene rings is 2. The molecule has 158 valence electrons. The van der Waals surface area contributed by atoms with Crippen LogP contribution in [0.25, 0.3) is 10.2 Å². The summed E-state index contributed by atoms with van der Waals surface area (Å²) in [5.74, 6) is 1.24. The first-order valence-electron chi connectivity index (χ1n) is 10.2. The van der Waals surface area contributed by atoms with Gasteiger partial charge < -0.3 is 15.5 Å². The lowest BCUT2D eigenvalue weighted by molar-refractivity contribution is 0.102. The van der Waals surface area contributed by atoms with Crippen molar-refractivity contribution in [1.29, 1.82) is 0 Å². The van der Waals surface area contributed by atoms with Crippen molar-refractivity contribution in [1.82, 2.24) is 15.0 Å². The number of nitrogens with zero attached hydrogens (tertiary/aromatic N) is 4. The summed E-state index contributed by atoms with van der Waals surface area (Å²) in [6, 6.07) is 17.2. The van der Waals surface area contributed by atoms with E-state index in [4.69, 9.17) is 0 Å². The molecule has 0 saturated carbocycles. The highest BCUT2D eigenvalue weighted by molar-refractivity contribution is 7.20. The molecule has 0 radical (unpaired) electrons. The maximum Gasteiger partial charge on any atom is 0.284 e. The second-order valence-corrected chi connectivity index (χ2v) is 8.04. The fraction of sp³-hybridized carbons (Fsp3) is 0.217. The normalized spacial score (nSPS) is 10.8. The number of anilines is 4. The Morgan fingerprint density at radius 1 is 0.968 bits per heavy atom. The SMILES string of the molecule is CCN(CC)c1cc(C)nc(Nc2ccc(NC(=O)c3nc4ccccc4s3)cc2)n1. The molecule has 0 fully saturated rings. The van der Waals surface area contributed by atoms with Crippen molar-refractivity contribution in [2.45, 2.75) is 20.8 Å². The van der Waals surface area contributed by atoms with Crippen LogP contribution in [0.5, 0.6) is 0 Å². The van der Waals surface area contributed by atoms with E-state index < -0.39 is 0 Å². The van der Waals surface area contributed by atoms with E-state index in [0.717, 1.165) is 40.5 Å². The molecule has 2 N–H and O–H groups in total. The van der Waals surface area contributed by atoms with Crippen LogP contribution in [-0.4, -0.2) is 33.9 Å². The van der Waals surface area contributed by atoms with Gasteiger partial charge in [0.05, 0.1) is 10.2 Å². The Balaban J connectivity index is 1.45. The van der Waals surface area contributed by atoms with Gasteiger partial charge in [-0.15, -0.1) is 11.3 Å². The van der Waals surface area contributed by atoms with Crippen LogP contribution in [0.4, 0.5) is 23.1 Å². The van der Waals surface area contributed by atoms with E-state index in [1.165, 1.54) is 11.3 Å². The zero-order chi connectivity index (χ0) is 21.8. The first-order chi connectivity index (χ1) is 15.1. The second kappa shape index (κ2) is 9.09. The molecule has 31 heavy (non-hydrogen) atoms. The fourth-order valence-corrected chi connectivity index (χ4v) is 4.10. The van der Waals surface area contributed by atoms with E-state index in [1.54, 1.807) is 0 Å². The summed E-state index contributed by atoms with van der Waals surface area (Å²) in [4.78, 5) is 28.2. The number of fused-ring (bicyclic) bond motifs is 1. The molecule has 2 heterocycles. The van der Waals surface area contributed by atoms with Crippen molar-refractivity contribution >= 4 is 50.6 Å². The summed E-state index contributed by atoms with van der Waals surface area (Å²) < 4.78 is 0.995. The Labute approximate surface area is 185 Å². The van der Waals surface area contributed by atoms with Crippen molar-refractivity contribution in [3.63, 3.8) is 0 Å². The fourth-order valence-electron chi connectivity index (χ4n) is 3.24. The molecule has 0 spiro atoms. The van der Waals surface area contributed by atoms with E-state index in [9.17, 15) is 4.79 Å². The van der Waals surface area contributed by atoms with Gasteiger partial charge in [-0.1, -0.05) is 12.1 Å². The van der Waals surface area contributed by atoms with Crippen LogP contribution in [0.2, 0.25) is 0 Å². The summed E-state index contributed by atoms with van der Waals surface area (Å²) >= 11 is 1.38. The van der Waals surface area contributed by atoms with Crippen molar-refractivity contribution < 1.29 is 4.79 Å². The average Bonchev–Trinajstić information content (AvgIpc) is 3.20. The molecule has 2 aromatic heterocycles. The van der Waals surface area contributed by atoms with Gasteiger partial charge in [-0.2, -0.15) is 4.98 Å². The molecular formula is C23H24N6OS. The molecule has 0 saturated heterocycles. The monoisotopic (exact) mass is 432 g/mol. The second-order valence-electron chi connectivity index (χ2n) is 7.01. The largest absolute Gasteiger partial charge is 0.357 e. The van der Waals surface area contributed by atoms with Crippen LogP contribution in [0, 0.1) is 6.92 Å². The number of thiazole rings is 1. The van der Waals surface area contributed by atoms with Crippen molar-refractivity contribution in [3.05, 3.63) is 65.3 Å². The number of rotatable bonds is 7. The van der Waals surface area contributed by atoms with Crippen molar-refractivity contribution in [2.75, 3.05) is 28.6 Å². The number of para-hydroxylation sites is 1. The maximum absolute atomic E-state index is 12.6. The molecule has 0 aliphatic carbocycles. The smallest absolute Gasteiger partial charge is 0.284 e. The number of nitrogens with one attached hydrogen (secondary N) is 2. The lowest BCUT2D eigenvalue weighted by atomic mass is 10.3. The predicted molar refractivity (Wildman–Crippen MR) is 128 cm³/mol. The van der Waals surface area contributed by atoms with Crippen LogP contribution >= 0.6 is 11.3 Å². The topological polar surface area (TPSA) is 83.0 Å². The lowest BCUT2D eigenvalue weighted by Gasteiger charge is -2.20. The highest BCUT2D eigenvalue weighted by Gasteiger charge is 2.12. The lowest BCUT2D eigenvalue weighted by Crippen LogP contribution is -2.23. The van der Waals surface area contributed by atoms with Gasteiger partial charge in [0.15, 0.2) is 5.01 Å². The number of hydrogen-bond acceptors (Lipinski definition) is 7. The van der Waals surface area contributed by atoms with Gasteiger partial charge >= 0.3 is 0 Å². The van der Waals surface area contributed by atoms with Gasteiger partial charge in [0.25, 0.3) is 5.91 Å². The number of aryl methyl sites for hydroxylation is 1. The Hall–Kier alpha value is -3.52. The van der Waals surface area contributed by atoms with E-state index >= 15 is 0 Å². The zero-order valence-electron chi connectivity index (χ0n) is 17.7. The van der Waals surface area contributed by atoms with Gasteiger partial charge in [-0.3, -0.25) is 4.79 Å². The third-order valence-corrected chi connectivity index (χ3v) is 5.85. The van der Waals surface area contributed by atoms with Crippen molar-refractivity contribution in [2.24, 2.45) is 0 Å². The summed E-state index contributed by atoms with van der Waals surface area (Å²) in [5.41, 5.74) is 3.27. The van der Waals surface area contributed by atoms with Crippen LogP contribution in [0.15, 0.2) is 54.6 Å². The standard InChI is InChI=1S/C23H24N6OS/c1-4-29(5-2)20-14-15(3)24-23(28-20)26-17-12-10-16(11-13-17)25-21(30)22-27-18-8-6-7-9-19(18)31-22/h6-14H,4-5H2,1-3H3,(H,25,30)(H,24,26,28). The number of aromatic nitrogens is 3. The van der Waals surface area contributed by atoms with Crippen molar-refractivity contribution in [3.8, 4) is 0 Å². The molecule has 0 aliphatic heterocycles. The van der Waals surface area contributed by atoms with E-state index in [0.29, 0.717) is 16.6 Å². The van der Waals surface area contributed by atoms with Crippen LogP contribution in [0.3, 0.4) is 0 Å². The minimum atomic E-state index is -0.215. The van der Waals surface area contributed by atoms with Gasteiger partial charge in [0.1, 0.15) is 5.82 Å². The van der Waals surface area contributed by atoms with Gasteiger partial charge in [0, 0.05) is 36.2 Å². The molecule has 7 nitrogen and oxygen atoms in total. The first-order valence-corrected chi connectivity index (χ1v) is 11.0. The number of carbonyl (C=O) groups excluding carboxylic acids is 1. The number of carbonyl (C=O) groups is 1. The van der Waals surface area contributed by atoms with Gasteiger partial charge in [-0.25, -0.2) is 9.97 Å². The Kier molecular flexibility index (Phi) is 6.08. The van der Waals surface area contributed by atoms with E-state index in [2.05, 4.69) is 44.3 Å². The van der Waals surface area contributed by atoms with Crippen LogP contribution < -0.4 is 15.5 Å². The number of amides is 1. The summed E-state index contributed by atoms with van der Waals surface area (Å²) in [6.45, 7) is 7.94. The van der Waals surface area contributed by atoms with Gasteiger partial charge in [-0.05, 0) is 57.2 Å².